The number of hydrogen-bond donors (Lipinski definition) is 3. The van der Waals surface area contributed by atoms with E-state index in [0.717, 1.165) is 16.5 Å². The topological polar surface area (TPSA) is 120 Å². The van der Waals surface area contributed by atoms with Crippen LogP contribution in [-0.2, 0) is 19.6 Å². The van der Waals surface area contributed by atoms with Gasteiger partial charge in [0.15, 0.2) is 0 Å². The Morgan fingerprint density at radius 1 is 1.00 bits per heavy atom. The summed E-state index contributed by atoms with van der Waals surface area (Å²) in [5.74, 6) is -0.922. The molecule has 8 nitrogen and oxygen atoms in total. The van der Waals surface area contributed by atoms with E-state index in [1.807, 2.05) is 36.4 Å². The molecule has 2 aliphatic carbocycles. The molecule has 1 heterocycles. The first kappa shape index (κ1) is 27.4. The Labute approximate surface area is 229 Å². The smallest absolute Gasteiger partial charge is 0.311 e. The largest absolute Gasteiger partial charge is 0.481 e. The molecule has 1 atom stereocenters. The monoisotopic (exact) mass is 551 g/mol. The van der Waals surface area contributed by atoms with Crippen molar-refractivity contribution in [2.24, 2.45) is 11.3 Å². The van der Waals surface area contributed by atoms with Crippen LogP contribution in [0.5, 0.6) is 0 Å². The highest BCUT2D eigenvalue weighted by Gasteiger charge is 2.41. The van der Waals surface area contributed by atoms with Crippen LogP contribution in [0.4, 0.5) is 0 Å². The van der Waals surface area contributed by atoms with E-state index in [1.54, 1.807) is 33.0 Å². The third kappa shape index (κ3) is 5.47. The summed E-state index contributed by atoms with van der Waals surface area (Å²) in [5.41, 5.74) is 1.54. The van der Waals surface area contributed by atoms with Crippen LogP contribution in [0.25, 0.3) is 10.9 Å². The molecular formula is C30H37N3O5S. The average Bonchev–Trinajstić information content (AvgIpc) is 3.69. The first-order valence-corrected chi connectivity index (χ1v) is 15.1. The molecule has 9 heteroatoms. The number of carboxylic acid groups (broad SMARTS) is 1. The van der Waals surface area contributed by atoms with Gasteiger partial charge in [0.25, 0.3) is 0 Å². The lowest BCUT2D eigenvalue weighted by atomic mass is 9.79. The summed E-state index contributed by atoms with van der Waals surface area (Å²) in [6.07, 6.45) is 4.53. The molecule has 0 spiro atoms. The van der Waals surface area contributed by atoms with Gasteiger partial charge in [-0.25, -0.2) is 8.42 Å². The summed E-state index contributed by atoms with van der Waals surface area (Å²) in [5, 5.41) is 13.9. The second-order valence-electron chi connectivity index (χ2n) is 11.7. The number of aromatic nitrogens is 1. The third-order valence-electron chi connectivity index (χ3n) is 8.58. The molecule has 2 aliphatic rings. The van der Waals surface area contributed by atoms with E-state index in [-0.39, 0.29) is 22.8 Å². The van der Waals surface area contributed by atoms with Crippen molar-refractivity contribution >= 4 is 32.8 Å². The Morgan fingerprint density at radius 2 is 1.67 bits per heavy atom. The molecule has 1 amide bonds. The Bertz CT molecular complexity index is 1470. The Hall–Kier alpha value is -3.17. The molecule has 3 aromatic rings. The van der Waals surface area contributed by atoms with E-state index in [0.29, 0.717) is 31.6 Å². The van der Waals surface area contributed by atoms with Crippen LogP contribution in [0, 0.1) is 11.3 Å². The molecule has 0 aliphatic heterocycles. The minimum atomic E-state index is -3.70. The minimum absolute atomic E-state index is 0.189. The van der Waals surface area contributed by atoms with Crippen LogP contribution in [0.3, 0.4) is 0 Å². The van der Waals surface area contributed by atoms with Gasteiger partial charge in [-0.15, -0.1) is 0 Å². The Balaban J connectivity index is 1.24. The van der Waals surface area contributed by atoms with Gasteiger partial charge < -0.3 is 15.4 Å². The van der Waals surface area contributed by atoms with Crippen LogP contribution in [0.1, 0.15) is 75.6 Å². The van der Waals surface area contributed by atoms with Crippen LogP contribution in [0.15, 0.2) is 59.5 Å². The fourth-order valence-corrected chi connectivity index (χ4v) is 7.12. The van der Waals surface area contributed by atoms with Gasteiger partial charge in [-0.05, 0) is 87.4 Å². The standard InChI is InChI=1S/C30H37N3O5S/c1-30(2,29(35)36)27(20-7-5-4-6-8-20)32-28(34)21-11-14-23(15-12-21)33(3)39(37,38)24-16-13-22-17-25(19-9-10-19)31-26(22)18-24/h4-8,13,16-19,21,23,27,31H,9-12,14-15H2,1-3H3,(H,32,34)(H,35,36)/t21?,23?,27-/m0/s1. The van der Waals surface area contributed by atoms with Crippen molar-refractivity contribution in [1.82, 2.24) is 14.6 Å². The zero-order valence-corrected chi connectivity index (χ0v) is 23.5. The zero-order valence-electron chi connectivity index (χ0n) is 22.7. The molecule has 0 bridgehead atoms. The molecule has 0 unspecified atom stereocenters. The molecule has 2 fully saturated rings. The number of nitrogens with one attached hydrogen (secondary N) is 2. The summed E-state index contributed by atoms with van der Waals surface area (Å²) < 4.78 is 28.4. The van der Waals surface area contributed by atoms with Crippen molar-refractivity contribution in [2.75, 3.05) is 7.05 Å². The number of sulfonamides is 1. The number of amides is 1. The normalized spacial score (nSPS) is 21.1. The predicted octanol–water partition coefficient (Wildman–Crippen LogP) is 5.19. The lowest BCUT2D eigenvalue weighted by Gasteiger charge is -2.36. The maximum atomic E-state index is 13.5. The highest BCUT2D eigenvalue weighted by molar-refractivity contribution is 7.89. The number of aromatic amines is 1. The molecule has 3 N–H and O–H groups in total. The summed E-state index contributed by atoms with van der Waals surface area (Å²) in [6.45, 7) is 3.22. The summed E-state index contributed by atoms with van der Waals surface area (Å²) in [7, 11) is -2.08. The quantitative estimate of drug-likeness (QED) is 0.338. The van der Waals surface area contributed by atoms with E-state index in [4.69, 9.17) is 0 Å². The van der Waals surface area contributed by atoms with Gasteiger partial charge in [-0.3, -0.25) is 9.59 Å². The van der Waals surface area contributed by atoms with E-state index < -0.39 is 27.4 Å². The van der Waals surface area contributed by atoms with Gasteiger partial charge in [0, 0.05) is 30.2 Å². The molecule has 208 valence electrons. The first-order chi connectivity index (χ1) is 18.5. The maximum absolute atomic E-state index is 13.5. The Morgan fingerprint density at radius 3 is 2.28 bits per heavy atom. The number of benzene rings is 2. The van der Waals surface area contributed by atoms with Crippen molar-refractivity contribution in [3.05, 3.63) is 65.9 Å². The first-order valence-electron chi connectivity index (χ1n) is 13.7. The van der Waals surface area contributed by atoms with Crippen LogP contribution in [-0.4, -0.2) is 47.8 Å². The number of carbonyl (C=O) groups excluding carboxylic acids is 1. The molecule has 39 heavy (non-hydrogen) atoms. The molecule has 1 aromatic heterocycles. The highest BCUT2D eigenvalue weighted by Crippen LogP contribution is 2.41. The molecule has 5 rings (SSSR count). The number of H-pyrrole nitrogens is 1. The summed E-state index contributed by atoms with van der Waals surface area (Å²) in [6, 6.07) is 15.6. The van der Waals surface area contributed by atoms with Gasteiger partial charge in [-0.2, -0.15) is 4.31 Å². The molecule has 2 aromatic carbocycles. The average molecular weight is 552 g/mol. The number of aliphatic carboxylic acids is 1. The van der Waals surface area contributed by atoms with Crippen LogP contribution >= 0.6 is 0 Å². The van der Waals surface area contributed by atoms with Crippen molar-refractivity contribution < 1.29 is 23.1 Å². The SMILES string of the molecule is CN(C1CCC(C(=O)N[C@@H](c2ccccc2)C(C)(C)C(=O)O)CC1)S(=O)(=O)c1ccc2cc(C3CC3)[nH]c2c1. The Kier molecular flexibility index (Phi) is 7.33. The number of fused-ring (bicyclic) bond motifs is 1. The van der Waals surface area contributed by atoms with Gasteiger partial charge in [0.05, 0.1) is 16.4 Å². The highest BCUT2D eigenvalue weighted by atomic mass is 32.2. The van der Waals surface area contributed by atoms with Gasteiger partial charge in [0.1, 0.15) is 0 Å². The lowest BCUT2D eigenvalue weighted by molar-refractivity contribution is -0.149. The number of nitrogens with zero attached hydrogens (tertiary/aromatic N) is 1. The molecule has 0 saturated heterocycles. The minimum Gasteiger partial charge on any atom is -0.481 e. The fourth-order valence-electron chi connectivity index (χ4n) is 5.68. The zero-order chi connectivity index (χ0) is 27.9. The molecular weight excluding hydrogens is 514 g/mol. The van der Waals surface area contributed by atoms with E-state index in [9.17, 15) is 23.1 Å². The van der Waals surface area contributed by atoms with Gasteiger partial charge in [-0.1, -0.05) is 36.4 Å². The number of carboxylic acids is 1. The fraction of sp³-hybridized carbons (Fsp3) is 0.467. The lowest BCUT2D eigenvalue weighted by Crippen LogP contribution is -2.46. The van der Waals surface area contributed by atoms with Crippen molar-refractivity contribution in [3.63, 3.8) is 0 Å². The van der Waals surface area contributed by atoms with Crippen molar-refractivity contribution in [1.29, 1.82) is 0 Å². The van der Waals surface area contributed by atoms with E-state index >= 15 is 0 Å². The van der Waals surface area contributed by atoms with Gasteiger partial charge in [0.2, 0.25) is 15.9 Å². The maximum Gasteiger partial charge on any atom is 0.311 e. The van der Waals surface area contributed by atoms with Crippen molar-refractivity contribution in [3.8, 4) is 0 Å². The van der Waals surface area contributed by atoms with Gasteiger partial charge >= 0.3 is 5.97 Å². The number of hydrogen-bond acceptors (Lipinski definition) is 4. The molecule has 2 saturated carbocycles. The summed E-state index contributed by atoms with van der Waals surface area (Å²) >= 11 is 0. The third-order valence-corrected chi connectivity index (χ3v) is 10.5. The second kappa shape index (κ2) is 10.4. The molecule has 0 radical (unpaired) electrons. The van der Waals surface area contributed by atoms with E-state index in [1.165, 1.54) is 22.8 Å². The predicted molar refractivity (Wildman–Crippen MR) is 150 cm³/mol. The summed E-state index contributed by atoms with van der Waals surface area (Å²) in [4.78, 5) is 29.0. The van der Waals surface area contributed by atoms with Crippen molar-refractivity contribution in [2.45, 2.75) is 75.3 Å². The van der Waals surface area contributed by atoms with Crippen LogP contribution in [0.2, 0.25) is 0 Å². The van der Waals surface area contributed by atoms with Crippen LogP contribution < -0.4 is 5.32 Å². The number of carbonyl (C=O) groups is 2. The number of rotatable bonds is 9. The second-order valence-corrected chi connectivity index (χ2v) is 13.7. The van der Waals surface area contributed by atoms with E-state index in [2.05, 4.69) is 16.4 Å².